The lowest BCUT2D eigenvalue weighted by Gasteiger charge is -2.04. The number of nitrogens with one attached hydrogen (secondary N) is 1. The second kappa shape index (κ2) is 7.36. The summed E-state index contributed by atoms with van der Waals surface area (Å²) >= 11 is 1.47. The number of aryl methyl sites for hydroxylation is 1. The van der Waals surface area contributed by atoms with Gasteiger partial charge in [0.05, 0.1) is 12.1 Å². The molecule has 1 N–H and O–H groups in total. The normalized spacial score (nSPS) is 10.6. The summed E-state index contributed by atoms with van der Waals surface area (Å²) in [5.74, 6) is -0.302. The van der Waals surface area contributed by atoms with E-state index in [1.807, 2.05) is 37.3 Å². The fourth-order valence-corrected chi connectivity index (χ4v) is 3.38. The molecule has 0 aliphatic heterocycles. The van der Waals surface area contributed by atoms with Crippen LogP contribution in [0.5, 0.6) is 0 Å². The average Bonchev–Trinajstić information content (AvgIpc) is 2.95. The summed E-state index contributed by atoms with van der Waals surface area (Å²) in [5, 5.41) is 3.73. The van der Waals surface area contributed by atoms with E-state index in [1.54, 1.807) is 12.1 Å². The van der Waals surface area contributed by atoms with Crippen LogP contribution in [0.15, 0.2) is 54.6 Å². The van der Waals surface area contributed by atoms with Crippen molar-refractivity contribution in [2.45, 2.75) is 19.9 Å². The van der Waals surface area contributed by atoms with Crippen molar-refractivity contribution in [1.29, 1.82) is 0 Å². The summed E-state index contributed by atoms with van der Waals surface area (Å²) in [6.45, 7) is 2.41. The first-order valence-corrected chi connectivity index (χ1v) is 8.46. The van der Waals surface area contributed by atoms with E-state index >= 15 is 0 Å². The SMILES string of the molecule is Cc1nc(-c2ccc(F)cc2)sc1CC(=O)NCc1ccccc1. The van der Waals surface area contributed by atoms with Crippen molar-refractivity contribution >= 4 is 17.2 Å². The van der Waals surface area contributed by atoms with Crippen LogP contribution < -0.4 is 5.32 Å². The molecular weight excluding hydrogens is 323 g/mol. The Hall–Kier alpha value is -2.53. The Labute approximate surface area is 144 Å². The third-order valence-electron chi connectivity index (χ3n) is 3.64. The van der Waals surface area contributed by atoms with Gasteiger partial charge in [0, 0.05) is 17.0 Å². The van der Waals surface area contributed by atoms with Crippen molar-refractivity contribution in [2.24, 2.45) is 0 Å². The summed E-state index contributed by atoms with van der Waals surface area (Å²) in [6, 6.07) is 16.0. The molecule has 0 fully saturated rings. The van der Waals surface area contributed by atoms with Crippen molar-refractivity contribution in [3.63, 3.8) is 0 Å². The smallest absolute Gasteiger partial charge is 0.225 e. The van der Waals surface area contributed by atoms with Crippen molar-refractivity contribution in [2.75, 3.05) is 0 Å². The number of hydrogen-bond donors (Lipinski definition) is 1. The number of rotatable bonds is 5. The molecule has 1 amide bonds. The molecule has 0 aliphatic carbocycles. The van der Waals surface area contributed by atoms with Gasteiger partial charge >= 0.3 is 0 Å². The minimum atomic E-state index is -0.271. The average molecular weight is 340 g/mol. The van der Waals surface area contributed by atoms with Gasteiger partial charge in [0.15, 0.2) is 0 Å². The molecule has 0 unspecified atom stereocenters. The van der Waals surface area contributed by atoms with Crippen LogP contribution in [0.3, 0.4) is 0 Å². The predicted octanol–water partition coefficient (Wildman–Crippen LogP) is 4.12. The standard InChI is InChI=1S/C19H17FN2OS/c1-13-17(11-18(23)21-12-14-5-3-2-4-6-14)24-19(22-13)15-7-9-16(20)10-8-15/h2-10H,11-12H2,1H3,(H,21,23). The summed E-state index contributed by atoms with van der Waals surface area (Å²) in [6.07, 6.45) is 0.303. The van der Waals surface area contributed by atoms with Crippen molar-refractivity contribution in [3.8, 4) is 10.6 Å². The van der Waals surface area contributed by atoms with E-state index in [-0.39, 0.29) is 11.7 Å². The molecule has 3 aromatic rings. The summed E-state index contributed by atoms with van der Waals surface area (Å²) in [4.78, 5) is 17.6. The maximum Gasteiger partial charge on any atom is 0.225 e. The molecule has 5 heteroatoms. The molecule has 1 heterocycles. The third kappa shape index (κ3) is 4.06. The number of hydrogen-bond acceptors (Lipinski definition) is 3. The van der Waals surface area contributed by atoms with Gasteiger partial charge in [-0.2, -0.15) is 0 Å². The first-order valence-electron chi connectivity index (χ1n) is 7.64. The molecule has 3 nitrogen and oxygen atoms in total. The minimum Gasteiger partial charge on any atom is -0.352 e. The van der Waals surface area contributed by atoms with Crippen molar-refractivity contribution < 1.29 is 9.18 Å². The maximum atomic E-state index is 13.0. The fourth-order valence-electron chi connectivity index (χ4n) is 2.31. The van der Waals surface area contributed by atoms with E-state index in [1.165, 1.54) is 23.5 Å². The number of thiazole rings is 1. The summed E-state index contributed by atoms with van der Waals surface area (Å²) in [5.41, 5.74) is 2.77. The number of aromatic nitrogens is 1. The van der Waals surface area contributed by atoms with E-state index in [0.29, 0.717) is 13.0 Å². The van der Waals surface area contributed by atoms with Gasteiger partial charge in [-0.15, -0.1) is 11.3 Å². The van der Waals surface area contributed by atoms with Crippen molar-refractivity contribution in [1.82, 2.24) is 10.3 Å². The zero-order valence-electron chi connectivity index (χ0n) is 13.3. The zero-order valence-corrected chi connectivity index (χ0v) is 14.1. The van der Waals surface area contributed by atoms with Gasteiger partial charge in [-0.05, 0) is 36.8 Å². The Bertz CT molecular complexity index is 828. The van der Waals surface area contributed by atoms with E-state index in [0.717, 1.165) is 26.7 Å². The van der Waals surface area contributed by atoms with Crippen LogP contribution in [0.4, 0.5) is 4.39 Å². The number of nitrogens with zero attached hydrogens (tertiary/aromatic N) is 1. The lowest BCUT2D eigenvalue weighted by Crippen LogP contribution is -2.24. The second-order valence-corrected chi connectivity index (χ2v) is 6.56. The van der Waals surface area contributed by atoms with Crippen LogP contribution in [0, 0.1) is 12.7 Å². The van der Waals surface area contributed by atoms with Gasteiger partial charge in [0.2, 0.25) is 5.91 Å². The molecule has 0 atom stereocenters. The highest BCUT2D eigenvalue weighted by molar-refractivity contribution is 7.15. The predicted molar refractivity (Wildman–Crippen MR) is 94.2 cm³/mol. The van der Waals surface area contributed by atoms with E-state index in [2.05, 4.69) is 10.3 Å². The Balaban J connectivity index is 1.65. The fraction of sp³-hybridized carbons (Fsp3) is 0.158. The number of carbonyl (C=O) groups excluding carboxylic acids is 1. The van der Waals surface area contributed by atoms with Gasteiger partial charge in [0.1, 0.15) is 10.8 Å². The molecule has 1 aromatic heterocycles. The van der Waals surface area contributed by atoms with Gasteiger partial charge in [-0.3, -0.25) is 4.79 Å². The Morgan fingerprint density at radius 2 is 1.83 bits per heavy atom. The monoisotopic (exact) mass is 340 g/mol. The van der Waals surface area contributed by atoms with E-state index in [9.17, 15) is 9.18 Å². The van der Waals surface area contributed by atoms with Crippen LogP contribution in [0.1, 0.15) is 16.1 Å². The molecule has 2 aromatic carbocycles. The van der Waals surface area contributed by atoms with Gasteiger partial charge < -0.3 is 5.32 Å². The lowest BCUT2D eigenvalue weighted by molar-refractivity contribution is -0.120. The van der Waals surface area contributed by atoms with E-state index in [4.69, 9.17) is 0 Å². The Morgan fingerprint density at radius 3 is 2.54 bits per heavy atom. The van der Waals surface area contributed by atoms with E-state index < -0.39 is 0 Å². The number of halogens is 1. The highest BCUT2D eigenvalue weighted by Crippen LogP contribution is 2.28. The highest BCUT2D eigenvalue weighted by Gasteiger charge is 2.13. The first kappa shape index (κ1) is 16.3. The highest BCUT2D eigenvalue weighted by atomic mass is 32.1. The summed E-state index contributed by atoms with van der Waals surface area (Å²) < 4.78 is 13.0. The van der Waals surface area contributed by atoms with Crippen LogP contribution in [-0.2, 0) is 17.8 Å². The third-order valence-corrected chi connectivity index (χ3v) is 4.84. The molecule has 0 saturated carbocycles. The van der Waals surface area contributed by atoms with Crippen LogP contribution in [0.25, 0.3) is 10.6 Å². The number of benzene rings is 2. The molecule has 0 saturated heterocycles. The lowest BCUT2D eigenvalue weighted by atomic mass is 10.2. The zero-order chi connectivity index (χ0) is 16.9. The molecule has 0 radical (unpaired) electrons. The Kier molecular flexibility index (Phi) is 5.01. The summed E-state index contributed by atoms with van der Waals surface area (Å²) in [7, 11) is 0. The quantitative estimate of drug-likeness (QED) is 0.759. The molecular formula is C19H17FN2OS. The molecule has 0 aliphatic rings. The largest absolute Gasteiger partial charge is 0.352 e. The van der Waals surface area contributed by atoms with Crippen molar-refractivity contribution in [3.05, 3.63) is 76.5 Å². The number of amides is 1. The molecule has 0 bridgehead atoms. The second-order valence-electron chi connectivity index (χ2n) is 5.47. The first-order chi connectivity index (χ1) is 11.6. The van der Waals surface area contributed by atoms with Gasteiger partial charge in [-0.25, -0.2) is 9.37 Å². The van der Waals surface area contributed by atoms with Crippen LogP contribution in [0.2, 0.25) is 0 Å². The number of carbonyl (C=O) groups is 1. The van der Waals surface area contributed by atoms with Crippen LogP contribution >= 0.6 is 11.3 Å². The van der Waals surface area contributed by atoms with Crippen LogP contribution in [-0.4, -0.2) is 10.9 Å². The topological polar surface area (TPSA) is 42.0 Å². The molecule has 3 rings (SSSR count). The van der Waals surface area contributed by atoms with Gasteiger partial charge in [-0.1, -0.05) is 30.3 Å². The molecule has 0 spiro atoms. The van der Waals surface area contributed by atoms with Gasteiger partial charge in [0.25, 0.3) is 0 Å². The Morgan fingerprint density at radius 1 is 1.12 bits per heavy atom. The molecule has 122 valence electrons. The molecule has 24 heavy (non-hydrogen) atoms. The minimum absolute atomic E-state index is 0.0312. The maximum absolute atomic E-state index is 13.0.